The zero-order valence-electron chi connectivity index (χ0n) is 23.5. The summed E-state index contributed by atoms with van der Waals surface area (Å²) in [6, 6.07) is 9.41. The predicted octanol–water partition coefficient (Wildman–Crippen LogP) is 5.27. The third-order valence-corrected chi connectivity index (χ3v) is 10.6. The Kier molecular flexibility index (Phi) is 7.79. The molecule has 0 saturated carbocycles. The van der Waals surface area contributed by atoms with Gasteiger partial charge in [0.05, 0.1) is 6.42 Å². The molecule has 5 heterocycles. The van der Waals surface area contributed by atoms with Gasteiger partial charge in [0.25, 0.3) is 0 Å². The molecule has 2 aliphatic rings. The summed E-state index contributed by atoms with van der Waals surface area (Å²) in [5.41, 5.74) is 1.74. The summed E-state index contributed by atoms with van der Waals surface area (Å²) in [7, 11) is -3.97. The highest BCUT2D eigenvalue weighted by molar-refractivity contribution is 7.89. The van der Waals surface area contributed by atoms with Gasteiger partial charge >= 0.3 is 12.1 Å². The van der Waals surface area contributed by atoms with E-state index in [9.17, 15) is 31.5 Å². The van der Waals surface area contributed by atoms with Crippen LogP contribution in [0.5, 0.6) is 0 Å². The minimum Gasteiger partial charge on any atom is -0.481 e. The van der Waals surface area contributed by atoms with Crippen molar-refractivity contribution in [2.45, 2.75) is 62.2 Å². The Morgan fingerprint density at radius 1 is 1.18 bits per heavy atom. The molecule has 0 amide bonds. The molecule has 10 nitrogen and oxygen atoms in total. The molecule has 1 fully saturated rings. The minimum atomic E-state index is -4.72. The van der Waals surface area contributed by atoms with Gasteiger partial charge in [0, 0.05) is 49.0 Å². The maximum Gasteiger partial charge on any atom is 0.452 e. The van der Waals surface area contributed by atoms with E-state index in [1.54, 1.807) is 43.5 Å². The molecule has 1 aromatic carbocycles. The third-order valence-electron chi connectivity index (χ3n) is 8.38. The van der Waals surface area contributed by atoms with Gasteiger partial charge in [0.2, 0.25) is 15.8 Å². The molecule has 4 aromatic rings. The van der Waals surface area contributed by atoms with Crippen LogP contribution >= 0.6 is 11.6 Å². The number of halogens is 4. The van der Waals surface area contributed by atoms with E-state index in [-0.39, 0.29) is 36.1 Å². The number of aromatic nitrogens is 4. The fourth-order valence-corrected chi connectivity index (χ4v) is 8.05. The molecule has 0 bridgehead atoms. The fourth-order valence-electron chi connectivity index (χ4n) is 6.26. The van der Waals surface area contributed by atoms with Crippen molar-refractivity contribution >= 4 is 39.1 Å². The average molecular weight is 649 g/mol. The summed E-state index contributed by atoms with van der Waals surface area (Å²) < 4.78 is 70.5. The number of carboxylic acid groups (broad SMARTS) is 1. The largest absolute Gasteiger partial charge is 0.481 e. The number of hydrogen-bond acceptors (Lipinski definition) is 7. The number of aliphatic carboxylic acids is 1. The second kappa shape index (κ2) is 11.3. The van der Waals surface area contributed by atoms with Gasteiger partial charge in [-0.1, -0.05) is 23.7 Å². The van der Waals surface area contributed by atoms with E-state index in [1.165, 1.54) is 16.6 Å². The number of aryl methyl sites for hydroxylation is 1. The van der Waals surface area contributed by atoms with Gasteiger partial charge in [-0.05, 0) is 72.7 Å². The predicted molar refractivity (Wildman–Crippen MR) is 155 cm³/mol. The second-order valence-corrected chi connectivity index (χ2v) is 13.4. The quantitative estimate of drug-likeness (QED) is 0.300. The normalized spacial score (nSPS) is 19.3. The van der Waals surface area contributed by atoms with Gasteiger partial charge < -0.3 is 10.0 Å². The van der Waals surface area contributed by atoms with E-state index < -0.39 is 33.9 Å². The SMILES string of the molecule is Cc1c([C@H](CC(=O)O)c2ccc(Cl)c(CN3C[C@@H]4CCCCN4c4ncccc4S3(=O)=O)c2)ccn2c(C(F)(F)F)nnc12. The molecule has 232 valence electrons. The van der Waals surface area contributed by atoms with Crippen LogP contribution in [0.25, 0.3) is 5.65 Å². The maximum atomic E-state index is 14.0. The number of piperidine rings is 1. The lowest BCUT2D eigenvalue weighted by Gasteiger charge is -2.36. The summed E-state index contributed by atoms with van der Waals surface area (Å²) in [5.74, 6) is -2.66. The van der Waals surface area contributed by atoms with Crippen LogP contribution in [0.4, 0.5) is 19.0 Å². The molecule has 15 heteroatoms. The lowest BCUT2D eigenvalue weighted by Crippen LogP contribution is -2.45. The van der Waals surface area contributed by atoms with E-state index in [4.69, 9.17) is 11.6 Å². The van der Waals surface area contributed by atoms with Crippen LogP contribution in [0.3, 0.4) is 0 Å². The number of anilines is 1. The Balaban J connectivity index is 1.40. The van der Waals surface area contributed by atoms with E-state index in [0.717, 1.165) is 23.7 Å². The highest BCUT2D eigenvalue weighted by Crippen LogP contribution is 2.38. The summed E-state index contributed by atoms with van der Waals surface area (Å²) in [4.78, 5) is 18.6. The lowest BCUT2D eigenvalue weighted by atomic mass is 9.86. The van der Waals surface area contributed by atoms with E-state index >= 15 is 0 Å². The molecular formula is C29H28ClF3N6O4S. The van der Waals surface area contributed by atoms with Crippen LogP contribution in [-0.4, -0.2) is 62.5 Å². The Hall–Kier alpha value is -3.75. The van der Waals surface area contributed by atoms with Crippen molar-refractivity contribution in [2.75, 3.05) is 18.0 Å². The van der Waals surface area contributed by atoms with E-state index in [0.29, 0.717) is 39.6 Å². The Bertz CT molecular complexity index is 1870. The van der Waals surface area contributed by atoms with Gasteiger partial charge in [0.15, 0.2) is 5.65 Å². The zero-order chi connectivity index (χ0) is 31.4. The smallest absolute Gasteiger partial charge is 0.452 e. The maximum absolute atomic E-state index is 14.0. The highest BCUT2D eigenvalue weighted by Gasteiger charge is 2.40. The molecule has 1 N–H and O–H groups in total. The topological polar surface area (TPSA) is 121 Å². The first-order valence-electron chi connectivity index (χ1n) is 14.0. The number of fused-ring (bicyclic) bond motifs is 4. The number of pyridine rings is 2. The van der Waals surface area contributed by atoms with Gasteiger partial charge in [-0.15, -0.1) is 10.2 Å². The number of rotatable bonds is 6. The molecular weight excluding hydrogens is 621 g/mol. The molecule has 1 saturated heterocycles. The first kappa shape index (κ1) is 30.3. The summed E-state index contributed by atoms with van der Waals surface area (Å²) in [6.07, 6.45) is 0.359. The molecule has 0 unspecified atom stereocenters. The number of carboxylic acids is 1. The fraction of sp³-hybridized carbons (Fsp3) is 0.379. The van der Waals surface area contributed by atoms with E-state index in [1.807, 2.05) is 0 Å². The Morgan fingerprint density at radius 3 is 2.73 bits per heavy atom. The number of sulfonamides is 1. The van der Waals surface area contributed by atoms with Gasteiger partial charge in [-0.2, -0.15) is 17.5 Å². The van der Waals surface area contributed by atoms with Gasteiger partial charge in [-0.3, -0.25) is 9.20 Å². The minimum absolute atomic E-state index is 0.0422. The molecule has 0 radical (unpaired) electrons. The third kappa shape index (κ3) is 5.39. The molecule has 0 aliphatic carbocycles. The van der Waals surface area contributed by atoms with E-state index in [2.05, 4.69) is 20.1 Å². The van der Waals surface area contributed by atoms with Crippen LogP contribution in [0.2, 0.25) is 5.02 Å². The van der Waals surface area contributed by atoms with Gasteiger partial charge in [-0.25, -0.2) is 13.4 Å². The number of alkyl halides is 3. The molecule has 6 rings (SSSR count). The Labute approximate surface area is 256 Å². The lowest BCUT2D eigenvalue weighted by molar-refractivity contribution is -0.145. The number of hydrogen-bond donors (Lipinski definition) is 1. The molecule has 44 heavy (non-hydrogen) atoms. The van der Waals surface area contributed by atoms with Crippen LogP contribution in [0.15, 0.2) is 53.7 Å². The van der Waals surface area contributed by atoms with Crippen LogP contribution in [0.1, 0.15) is 59.7 Å². The number of benzene rings is 1. The van der Waals surface area contributed by atoms with Crippen LogP contribution < -0.4 is 4.90 Å². The van der Waals surface area contributed by atoms with Crippen molar-refractivity contribution in [1.29, 1.82) is 0 Å². The average Bonchev–Trinajstić information content (AvgIpc) is 3.40. The first-order chi connectivity index (χ1) is 20.9. The molecule has 2 atom stereocenters. The number of carbonyl (C=O) groups is 1. The van der Waals surface area contributed by atoms with Crippen LogP contribution in [0, 0.1) is 6.92 Å². The van der Waals surface area contributed by atoms with Crippen molar-refractivity contribution in [1.82, 2.24) is 23.9 Å². The highest BCUT2D eigenvalue weighted by atomic mass is 35.5. The van der Waals surface area contributed by atoms with Crippen molar-refractivity contribution in [3.8, 4) is 0 Å². The zero-order valence-corrected chi connectivity index (χ0v) is 25.1. The molecule has 3 aromatic heterocycles. The van der Waals surface area contributed by atoms with Crippen molar-refractivity contribution in [3.63, 3.8) is 0 Å². The van der Waals surface area contributed by atoms with Crippen molar-refractivity contribution < 1.29 is 31.5 Å². The molecule has 0 spiro atoms. The standard InChI is InChI=1S/C29H28ClF3N6O4S/c1-17-21(9-12-39-26(17)35-36-28(39)29(31,32)33)22(14-25(40)41)18-7-8-23(30)19(13-18)15-37-16-20-5-2-3-11-38(20)27-24(44(37,42)43)6-4-10-34-27/h4,6-10,12-13,20,22H,2-3,5,11,14-16H2,1H3,(H,40,41)/t20-,22+/m0/s1. The van der Waals surface area contributed by atoms with Crippen molar-refractivity contribution in [2.24, 2.45) is 0 Å². The van der Waals surface area contributed by atoms with Crippen LogP contribution in [-0.2, 0) is 27.5 Å². The second-order valence-electron chi connectivity index (χ2n) is 11.1. The van der Waals surface area contributed by atoms with Crippen molar-refractivity contribution in [3.05, 3.63) is 81.9 Å². The first-order valence-corrected chi connectivity index (χ1v) is 15.8. The Morgan fingerprint density at radius 2 is 1.98 bits per heavy atom. The summed E-state index contributed by atoms with van der Waals surface area (Å²) in [6.45, 7) is 2.42. The van der Waals surface area contributed by atoms with Gasteiger partial charge in [0.1, 0.15) is 10.7 Å². The summed E-state index contributed by atoms with van der Waals surface area (Å²) >= 11 is 6.61. The number of nitrogens with zero attached hydrogens (tertiary/aromatic N) is 6. The summed E-state index contributed by atoms with van der Waals surface area (Å²) in [5, 5.41) is 17.1. The monoisotopic (exact) mass is 648 g/mol. The molecule has 2 aliphatic heterocycles.